The van der Waals surface area contributed by atoms with Gasteiger partial charge in [-0.25, -0.2) is 4.79 Å². The Labute approximate surface area is 187 Å². The number of ketones is 1. The predicted molar refractivity (Wildman–Crippen MR) is 108 cm³/mol. The summed E-state index contributed by atoms with van der Waals surface area (Å²) < 4.78 is 47.3. The predicted octanol–water partition coefficient (Wildman–Crippen LogP) is 4.02. The number of non-ortho nitro benzene ring substituents is 1. The molecule has 1 saturated heterocycles. The molecular formula is C20H14F3N3O6S. The summed E-state index contributed by atoms with van der Waals surface area (Å²) in [6, 6.07) is 7.61. The van der Waals surface area contributed by atoms with Gasteiger partial charge >= 0.3 is 12.2 Å². The Morgan fingerprint density at radius 1 is 1.21 bits per heavy atom. The van der Waals surface area contributed by atoms with E-state index in [0.29, 0.717) is 0 Å². The summed E-state index contributed by atoms with van der Waals surface area (Å²) in [5, 5.41) is 26.7. The molecule has 0 aliphatic carbocycles. The van der Waals surface area contributed by atoms with Gasteiger partial charge in [0.2, 0.25) is 5.72 Å². The van der Waals surface area contributed by atoms with Crippen molar-refractivity contribution in [2.45, 2.75) is 17.9 Å². The van der Waals surface area contributed by atoms with Crippen LogP contribution in [-0.4, -0.2) is 33.7 Å². The maximum absolute atomic E-state index is 13.9. The highest BCUT2D eigenvalue weighted by Crippen LogP contribution is 2.45. The molecule has 1 aliphatic rings. The normalized spacial score (nSPS) is 23.0. The number of aliphatic hydroxyl groups is 1. The number of urea groups is 1. The van der Waals surface area contributed by atoms with Gasteiger partial charge in [-0.05, 0) is 23.6 Å². The van der Waals surface area contributed by atoms with E-state index in [9.17, 15) is 38.0 Å². The fraction of sp³-hybridized carbons (Fsp3) is 0.200. The Morgan fingerprint density at radius 2 is 1.97 bits per heavy atom. The largest absolute Gasteiger partial charge is 0.459 e. The van der Waals surface area contributed by atoms with E-state index >= 15 is 0 Å². The maximum atomic E-state index is 13.9. The van der Waals surface area contributed by atoms with Crippen LogP contribution in [0.15, 0.2) is 58.3 Å². The Kier molecular flexibility index (Phi) is 5.46. The summed E-state index contributed by atoms with van der Waals surface area (Å²) in [6.07, 6.45) is -5.39. The van der Waals surface area contributed by atoms with Crippen LogP contribution in [-0.2, 0) is 0 Å². The number of hydrogen-bond donors (Lipinski definition) is 3. The molecule has 0 spiro atoms. The number of alkyl halides is 3. The lowest BCUT2D eigenvalue weighted by atomic mass is 9.80. The van der Waals surface area contributed by atoms with Gasteiger partial charge in [0.1, 0.15) is 23.5 Å². The molecule has 1 fully saturated rings. The number of amides is 2. The van der Waals surface area contributed by atoms with E-state index in [0.717, 1.165) is 11.3 Å². The minimum absolute atomic E-state index is 0.0550. The molecule has 2 aromatic heterocycles. The molecule has 0 bridgehead atoms. The molecular weight excluding hydrogens is 467 g/mol. The second-order valence-electron chi connectivity index (χ2n) is 7.17. The van der Waals surface area contributed by atoms with Gasteiger partial charge < -0.3 is 20.2 Å². The van der Waals surface area contributed by atoms with Crippen molar-refractivity contribution in [2.75, 3.05) is 0 Å². The van der Waals surface area contributed by atoms with E-state index < -0.39 is 40.6 Å². The summed E-state index contributed by atoms with van der Waals surface area (Å²) in [5.41, 5.74) is -3.86. The summed E-state index contributed by atoms with van der Waals surface area (Å²) in [6.45, 7) is 0. The number of nitro groups is 1. The summed E-state index contributed by atoms with van der Waals surface area (Å²) in [7, 11) is 0. The van der Waals surface area contributed by atoms with E-state index in [-0.39, 0.29) is 27.6 Å². The quantitative estimate of drug-likeness (QED) is 0.286. The number of furan rings is 1. The second-order valence-corrected chi connectivity index (χ2v) is 8.12. The monoisotopic (exact) mass is 481 g/mol. The van der Waals surface area contributed by atoms with Crippen molar-refractivity contribution in [3.05, 3.63) is 74.7 Å². The molecule has 13 heteroatoms. The lowest BCUT2D eigenvalue weighted by Crippen LogP contribution is -2.72. The number of carbonyl (C=O) groups excluding carboxylic acids is 2. The Bertz CT molecular complexity index is 1230. The van der Waals surface area contributed by atoms with Crippen LogP contribution < -0.4 is 10.6 Å². The Morgan fingerprint density at radius 3 is 2.61 bits per heavy atom. The molecule has 0 unspecified atom stereocenters. The van der Waals surface area contributed by atoms with Crippen LogP contribution in [0.1, 0.15) is 21.5 Å². The molecule has 9 nitrogen and oxygen atoms in total. The molecule has 33 heavy (non-hydrogen) atoms. The van der Waals surface area contributed by atoms with Gasteiger partial charge in [-0.3, -0.25) is 14.9 Å². The number of hydrogen-bond acceptors (Lipinski definition) is 7. The third-order valence-corrected chi connectivity index (χ3v) is 6.01. The lowest BCUT2D eigenvalue weighted by molar-refractivity contribution is -0.384. The van der Waals surface area contributed by atoms with E-state index in [2.05, 4.69) is 5.32 Å². The van der Waals surface area contributed by atoms with Crippen LogP contribution in [0.5, 0.6) is 0 Å². The van der Waals surface area contributed by atoms with Crippen LogP contribution in [0.2, 0.25) is 0 Å². The van der Waals surface area contributed by atoms with Gasteiger partial charge in [-0.2, -0.15) is 13.2 Å². The van der Waals surface area contributed by atoms with E-state index in [1.165, 1.54) is 59.2 Å². The first-order valence-corrected chi connectivity index (χ1v) is 10.2. The van der Waals surface area contributed by atoms with Gasteiger partial charge in [-0.1, -0.05) is 18.2 Å². The zero-order valence-electron chi connectivity index (χ0n) is 16.3. The first-order chi connectivity index (χ1) is 15.5. The minimum Gasteiger partial charge on any atom is -0.459 e. The van der Waals surface area contributed by atoms with Crippen molar-refractivity contribution in [3.8, 4) is 11.3 Å². The number of halogens is 3. The molecule has 3 N–H and O–H groups in total. The fourth-order valence-electron chi connectivity index (χ4n) is 3.60. The first-order valence-electron chi connectivity index (χ1n) is 9.31. The van der Waals surface area contributed by atoms with Gasteiger partial charge in [0.15, 0.2) is 5.78 Å². The van der Waals surface area contributed by atoms with Crippen LogP contribution in [0, 0.1) is 16.0 Å². The van der Waals surface area contributed by atoms with Crippen molar-refractivity contribution in [1.82, 2.24) is 10.6 Å². The van der Waals surface area contributed by atoms with Crippen LogP contribution in [0.3, 0.4) is 0 Å². The first kappa shape index (κ1) is 22.5. The second kappa shape index (κ2) is 8.01. The zero-order valence-corrected chi connectivity index (χ0v) is 17.1. The highest BCUT2D eigenvalue weighted by atomic mass is 32.1. The highest BCUT2D eigenvalue weighted by Gasteiger charge is 2.67. The molecule has 1 aliphatic heterocycles. The third-order valence-electron chi connectivity index (χ3n) is 5.13. The summed E-state index contributed by atoms with van der Waals surface area (Å²) in [5.74, 6) is -3.48. The topological polar surface area (TPSA) is 135 Å². The van der Waals surface area contributed by atoms with Crippen LogP contribution in [0.25, 0.3) is 11.3 Å². The van der Waals surface area contributed by atoms with Crippen molar-refractivity contribution < 1.29 is 37.2 Å². The number of thiophene rings is 1. The van der Waals surface area contributed by atoms with Crippen molar-refractivity contribution in [2.24, 2.45) is 5.92 Å². The molecule has 3 heterocycles. The summed E-state index contributed by atoms with van der Waals surface area (Å²) in [4.78, 5) is 35.4. The molecule has 172 valence electrons. The van der Waals surface area contributed by atoms with Crippen LogP contribution >= 0.6 is 11.3 Å². The number of nitrogens with one attached hydrogen (secondary N) is 2. The highest BCUT2D eigenvalue weighted by molar-refractivity contribution is 7.12. The average Bonchev–Trinajstić information content (AvgIpc) is 3.44. The van der Waals surface area contributed by atoms with Gasteiger partial charge in [0.05, 0.1) is 9.80 Å². The number of rotatable bonds is 5. The number of nitro benzene ring substituents is 1. The number of benzene rings is 1. The van der Waals surface area contributed by atoms with Crippen molar-refractivity contribution >= 4 is 28.8 Å². The number of nitrogens with zero attached hydrogens (tertiary/aromatic N) is 1. The zero-order chi connectivity index (χ0) is 24.0. The standard InChI is InChI=1S/C20H14F3N3O6S/c21-20(22,23)19(29)15(17(27)14-5-2-8-33-14)16(24-18(28)25-19)13-7-6-12(32-13)10-3-1-4-11(9-10)26(30)31/h1-9,15-16,29H,(H2,24,25,28)/t15-,16+,19+/m0/s1. The van der Waals surface area contributed by atoms with Gasteiger partial charge in [0, 0.05) is 17.7 Å². The van der Waals surface area contributed by atoms with Crippen LogP contribution in [0.4, 0.5) is 23.7 Å². The molecule has 0 radical (unpaired) electrons. The number of Topliss-reactive ketones (excluding diaryl/α,β-unsaturated/α-hetero) is 1. The molecule has 1 aromatic carbocycles. The fourth-order valence-corrected chi connectivity index (χ4v) is 4.30. The number of carbonyl (C=O) groups is 2. The lowest BCUT2D eigenvalue weighted by Gasteiger charge is -2.44. The van der Waals surface area contributed by atoms with E-state index in [1.807, 2.05) is 0 Å². The van der Waals surface area contributed by atoms with Crippen molar-refractivity contribution in [3.63, 3.8) is 0 Å². The molecule has 3 aromatic rings. The third kappa shape index (κ3) is 3.96. The molecule has 4 rings (SSSR count). The maximum Gasteiger partial charge on any atom is 0.437 e. The smallest absolute Gasteiger partial charge is 0.437 e. The van der Waals surface area contributed by atoms with Crippen molar-refractivity contribution in [1.29, 1.82) is 0 Å². The SMILES string of the molecule is O=C1N[C@H](c2ccc(-c3cccc([N+](=O)[O-])c3)o2)[C@@H](C(=O)c2cccs2)[C@@](O)(C(F)(F)F)N1. The average molecular weight is 481 g/mol. The van der Waals surface area contributed by atoms with Gasteiger partial charge in [-0.15, -0.1) is 11.3 Å². The minimum atomic E-state index is -5.39. The Balaban J connectivity index is 1.79. The van der Waals surface area contributed by atoms with Gasteiger partial charge in [0.25, 0.3) is 5.69 Å². The Hall–Kier alpha value is -3.71. The molecule has 3 atom stereocenters. The summed E-state index contributed by atoms with van der Waals surface area (Å²) >= 11 is 0.878. The van der Waals surface area contributed by atoms with E-state index in [1.54, 1.807) is 0 Å². The molecule has 0 saturated carbocycles. The van der Waals surface area contributed by atoms with E-state index in [4.69, 9.17) is 4.42 Å². The molecule has 2 amide bonds.